The molecule has 0 amide bonds. The van der Waals surface area contributed by atoms with Crippen molar-refractivity contribution in [2.75, 3.05) is 20.3 Å². The number of epoxide rings is 1. The van der Waals surface area contributed by atoms with E-state index in [1.165, 1.54) is 12.1 Å². The predicted molar refractivity (Wildman–Crippen MR) is 92.4 cm³/mol. The zero-order valence-corrected chi connectivity index (χ0v) is 14.9. The molecule has 1 saturated heterocycles. The average Bonchev–Trinajstić information content (AvgIpc) is 3.49. The van der Waals surface area contributed by atoms with Crippen molar-refractivity contribution in [2.45, 2.75) is 31.6 Å². The minimum absolute atomic E-state index is 0.0823. The van der Waals surface area contributed by atoms with Gasteiger partial charge in [-0.15, -0.1) is 0 Å². The van der Waals surface area contributed by atoms with Crippen LogP contribution in [0.25, 0.3) is 0 Å². The monoisotopic (exact) mass is 382 g/mol. The Bertz CT molecular complexity index is 727. The molecule has 2 aromatic carbocycles. The van der Waals surface area contributed by atoms with Gasteiger partial charge in [-0.05, 0) is 29.3 Å². The van der Waals surface area contributed by atoms with Gasteiger partial charge in [0.15, 0.2) is 0 Å². The molecule has 3 rings (SSSR count). The van der Waals surface area contributed by atoms with Gasteiger partial charge in [0.2, 0.25) is 0 Å². The highest BCUT2D eigenvalue weighted by atomic mass is 19.4. The van der Waals surface area contributed by atoms with Crippen LogP contribution in [0.2, 0.25) is 0 Å². The van der Waals surface area contributed by atoms with Crippen LogP contribution in [0.3, 0.4) is 0 Å². The Labute approximate surface area is 155 Å². The summed E-state index contributed by atoms with van der Waals surface area (Å²) >= 11 is 0. The Morgan fingerprint density at radius 1 is 1.07 bits per heavy atom. The molecule has 1 aliphatic rings. The van der Waals surface area contributed by atoms with Crippen LogP contribution < -0.4 is 4.74 Å². The number of rotatable bonds is 9. The summed E-state index contributed by atoms with van der Waals surface area (Å²) < 4.78 is 60.8. The number of alkyl halides is 3. The normalized spacial score (nSPS) is 17.6. The molecule has 0 aromatic heterocycles. The lowest BCUT2D eigenvalue weighted by atomic mass is 10.1. The largest absolute Gasteiger partial charge is 0.497 e. The van der Waals surface area contributed by atoms with E-state index in [1.54, 1.807) is 13.2 Å². The first-order valence-electron chi connectivity index (χ1n) is 8.56. The lowest BCUT2D eigenvalue weighted by molar-refractivity contribution is -0.139. The van der Waals surface area contributed by atoms with Crippen LogP contribution in [-0.2, 0) is 33.6 Å². The Morgan fingerprint density at radius 3 is 2.41 bits per heavy atom. The number of halogens is 3. The summed E-state index contributed by atoms with van der Waals surface area (Å²) in [6.07, 6.45) is -4.81. The molecule has 0 unspecified atom stereocenters. The summed E-state index contributed by atoms with van der Waals surface area (Å²) in [5.74, 6) is 0.757. The molecule has 0 saturated carbocycles. The smallest absolute Gasteiger partial charge is 0.416 e. The minimum Gasteiger partial charge on any atom is -0.497 e. The molecule has 146 valence electrons. The second-order valence-corrected chi connectivity index (χ2v) is 6.24. The van der Waals surface area contributed by atoms with E-state index in [2.05, 4.69) is 0 Å². The van der Waals surface area contributed by atoms with Crippen molar-refractivity contribution >= 4 is 0 Å². The maximum absolute atomic E-state index is 13.0. The van der Waals surface area contributed by atoms with Gasteiger partial charge >= 0.3 is 6.18 Å². The zero-order chi connectivity index (χ0) is 19.3. The second kappa shape index (κ2) is 8.73. The van der Waals surface area contributed by atoms with Gasteiger partial charge in [-0.2, -0.15) is 13.2 Å². The van der Waals surface area contributed by atoms with Crippen molar-refractivity contribution in [2.24, 2.45) is 0 Å². The molecule has 0 N–H and O–H groups in total. The van der Waals surface area contributed by atoms with E-state index in [4.69, 9.17) is 18.9 Å². The molecule has 2 aromatic rings. The molecule has 0 spiro atoms. The summed E-state index contributed by atoms with van der Waals surface area (Å²) in [4.78, 5) is 0. The standard InChI is InChI=1S/C20H21F3O4/c1-24-16-8-6-14(7-9-16)10-26-18(19-13-27-19)12-25-11-15-4-2-3-5-17(15)20(21,22)23/h2-9,18-19H,10-13H2,1H3/t18-,19+/m0/s1. The summed E-state index contributed by atoms with van der Waals surface area (Å²) in [5, 5.41) is 0. The highest BCUT2D eigenvalue weighted by Crippen LogP contribution is 2.32. The van der Waals surface area contributed by atoms with E-state index in [0.717, 1.165) is 17.4 Å². The van der Waals surface area contributed by atoms with E-state index in [0.29, 0.717) is 13.2 Å². The fraction of sp³-hybridized carbons (Fsp3) is 0.400. The van der Waals surface area contributed by atoms with Gasteiger partial charge in [-0.1, -0.05) is 30.3 Å². The van der Waals surface area contributed by atoms with Crippen LogP contribution in [0.4, 0.5) is 13.2 Å². The van der Waals surface area contributed by atoms with Crippen molar-refractivity contribution in [1.82, 2.24) is 0 Å². The first kappa shape index (κ1) is 19.7. The summed E-state index contributed by atoms with van der Waals surface area (Å²) in [5.41, 5.74) is 0.392. The predicted octanol–water partition coefficient (Wildman–Crippen LogP) is 4.21. The van der Waals surface area contributed by atoms with Gasteiger partial charge in [-0.3, -0.25) is 0 Å². The van der Waals surface area contributed by atoms with E-state index < -0.39 is 11.7 Å². The first-order chi connectivity index (χ1) is 13.0. The topological polar surface area (TPSA) is 40.2 Å². The number of ether oxygens (including phenoxy) is 4. The lowest BCUT2D eigenvalue weighted by Crippen LogP contribution is -2.26. The second-order valence-electron chi connectivity index (χ2n) is 6.24. The van der Waals surface area contributed by atoms with Crippen molar-refractivity contribution in [3.8, 4) is 5.75 Å². The van der Waals surface area contributed by atoms with Crippen LogP contribution in [0, 0.1) is 0 Å². The van der Waals surface area contributed by atoms with Gasteiger partial charge in [-0.25, -0.2) is 0 Å². The molecule has 0 aliphatic carbocycles. The van der Waals surface area contributed by atoms with Gasteiger partial charge in [0.05, 0.1) is 39.1 Å². The summed E-state index contributed by atoms with van der Waals surface area (Å²) in [6, 6.07) is 12.9. The Hall–Kier alpha value is -2.09. The van der Waals surface area contributed by atoms with Gasteiger partial charge in [0.25, 0.3) is 0 Å². The van der Waals surface area contributed by atoms with Crippen LogP contribution in [0.15, 0.2) is 48.5 Å². The molecule has 7 heteroatoms. The maximum Gasteiger partial charge on any atom is 0.416 e. The highest BCUT2D eigenvalue weighted by Gasteiger charge is 2.35. The maximum atomic E-state index is 13.0. The molecular weight excluding hydrogens is 361 g/mol. The van der Waals surface area contributed by atoms with Crippen LogP contribution >= 0.6 is 0 Å². The molecule has 1 fully saturated rings. The fourth-order valence-corrected chi connectivity index (χ4v) is 2.67. The van der Waals surface area contributed by atoms with Gasteiger partial charge < -0.3 is 18.9 Å². The number of hydrogen-bond acceptors (Lipinski definition) is 4. The lowest BCUT2D eigenvalue weighted by Gasteiger charge is -2.18. The fourth-order valence-electron chi connectivity index (χ4n) is 2.67. The first-order valence-corrected chi connectivity index (χ1v) is 8.56. The molecule has 2 atom stereocenters. The minimum atomic E-state index is -4.40. The van der Waals surface area contributed by atoms with E-state index in [9.17, 15) is 13.2 Å². The zero-order valence-electron chi connectivity index (χ0n) is 14.9. The number of hydrogen-bond donors (Lipinski definition) is 0. The molecule has 0 bridgehead atoms. The van der Waals surface area contributed by atoms with Crippen molar-refractivity contribution in [1.29, 1.82) is 0 Å². The average molecular weight is 382 g/mol. The van der Waals surface area contributed by atoms with E-state index >= 15 is 0 Å². The van der Waals surface area contributed by atoms with Gasteiger partial charge in [0, 0.05) is 0 Å². The molecule has 0 radical (unpaired) electrons. The Morgan fingerprint density at radius 2 is 1.78 bits per heavy atom. The number of benzene rings is 2. The van der Waals surface area contributed by atoms with Crippen molar-refractivity contribution in [3.63, 3.8) is 0 Å². The van der Waals surface area contributed by atoms with Crippen molar-refractivity contribution < 1.29 is 32.1 Å². The van der Waals surface area contributed by atoms with Crippen molar-refractivity contribution in [3.05, 3.63) is 65.2 Å². The molecular formula is C20H21F3O4. The van der Waals surface area contributed by atoms with Crippen LogP contribution in [0.5, 0.6) is 5.75 Å². The third-order valence-electron chi connectivity index (χ3n) is 4.26. The molecule has 1 aliphatic heterocycles. The highest BCUT2D eigenvalue weighted by molar-refractivity contribution is 5.29. The van der Waals surface area contributed by atoms with Gasteiger partial charge in [0.1, 0.15) is 18.0 Å². The summed E-state index contributed by atoms with van der Waals surface area (Å²) in [6.45, 7) is 0.949. The third-order valence-corrected chi connectivity index (χ3v) is 4.26. The molecule has 27 heavy (non-hydrogen) atoms. The summed E-state index contributed by atoms with van der Waals surface area (Å²) in [7, 11) is 1.60. The molecule has 1 heterocycles. The third kappa shape index (κ3) is 5.69. The molecule has 4 nitrogen and oxygen atoms in total. The Kier molecular flexibility index (Phi) is 6.36. The van der Waals surface area contributed by atoms with Crippen LogP contribution in [-0.4, -0.2) is 32.5 Å². The number of methoxy groups -OCH3 is 1. The quantitative estimate of drug-likeness (QED) is 0.609. The van der Waals surface area contributed by atoms with E-state index in [1.807, 2.05) is 24.3 Å². The Balaban J connectivity index is 1.52. The SMILES string of the molecule is COc1ccc(CO[C@@H](COCc2ccccc2C(F)(F)F)[C@H]2CO2)cc1. The van der Waals surface area contributed by atoms with Crippen LogP contribution in [0.1, 0.15) is 16.7 Å². The van der Waals surface area contributed by atoms with E-state index in [-0.39, 0.29) is 31.0 Å².